The highest BCUT2D eigenvalue weighted by Gasteiger charge is 2.00. The van der Waals surface area contributed by atoms with Crippen LogP contribution in [0.1, 0.15) is 16.7 Å². The number of oxime groups is 1. The Hall–Kier alpha value is -2.31. The number of hydrogen-bond acceptors (Lipinski definition) is 3. The van der Waals surface area contributed by atoms with Gasteiger partial charge in [-0.15, -0.1) is 0 Å². The summed E-state index contributed by atoms with van der Waals surface area (Å²) in [4.78, 5) is 5.18. The summed E-state index contributed by atoms with van der Waals surface area (Å²) >= 11 is 5.98. The van der Waals surface area contributed by atoms with E-state index in [0.717, 1.165) is 11.1 Å². The van der Waals surface area contributed by atoms with Crippen LogP contribution >= 0.6 is 11.6 Å². The number of rotatable bonds is 4. The third-order valence-corrected chi connectivity index (χ3v) is 2.87. The first kappa shape index (κ1) is 13.1. The van der Waals surface area contributed by atoms with Gasteiger partial charge >= 0.3 is 0 Å². The molecule has 19 heavy (non-hydrogen) atoms. The van der Waals surface area contributed by atoms with Gasteiger partial charge in [0.15, 0.2) is 0 Å². The topological polar surface area (TPSA) is 45.4 Å². The Morgan fingerprint density at radius 2 is 1.89 bits per heavy atom. The standard InChI is InChI=1S/C15H11ClN2O/c16-15-8-4-3-6-13(15)10-18-19-11-14-7-2-1-5-12(14)9-17/h1-8,10H,11H2. The molecule has 0 unspecified atom stereocenters. The lowest BCUT2D eigenvalue weighted by atomic mass is 10.1. The first-order valence-electron chi connectivity index (χ1n) is 5.69. The van der Waals surface area contributed by atoms with E-state index in [4.69, 9.17) is 21.7 Å². The van der Waals surface area contributed by atoms with Crippen LogP contribution in [0.5, 0.6) is 0 Å². The molecule has 0 aromatic heterocycles. The molecule has 0 N–H and O–H groups in total. The summed E-state index contributed by atoms with van der Waals surface area (Å²) in [5, 5.41) is 13.4. The van der Waals surface area contributed by atoms with Crippen molar-refractivity contribution in [1.29, 1.82) is 5.26 Å². The quantitative estimate of drug-likeness (QED) is 0.627. The van der Waals surface area contributed by atoms with Crippen LogP contribution in [0.15, 0.2) is 53.7 Å². The molecule has 0 aliphatic rings. The first-order valence-corrected chi connectivity index (χ1v) is 6.07. The van der Waals surface area contributed by atoms with Gasteiger partial charge in [0, 0.05) is 16.1 Å². The van der Waals surface area contributed by atoms with Crippen LogP contribution in [0.25, 0.3) is 0 Å². The van der Waals surface area contributed by atoms with Gasteiger partial charge in [-0.05, 0) is 12.1 Å². The van der Waals surface area contributed by atoms with E-state index >= 15 is 0 Å². The summed E-state index contributed by atoms with van der Waals surface area (Å²) < 4.78 is 0. The van der Waals surface area contributed by atoms with E-state index < -0.39 is 0 Å². The molecule has 2 aromatic carbocycles. The van der Waals surface area contributed by atoms with Crippen molar-refractivity contribution in [3.63, 3.8) is 0 Å². The lowest BCUT2D eigenvalue weighted by Gasteiger charge is -2.02. The predicted molar refractivity (Wildman–Crippen MR) is 75.0 cm³/mol. The maximum atomic E-state index is 8.93. The van der Waals surface area contributed by atoms with Gasteiger partial charge in [-0.1, -0.05) is 53.2 Å². The Morgan fingerprint density at radius 1 is 1.16 bits per heavy atom. The largest absolute Gasteiger partial charge is 0.391 e. The van der Waals surface area contributed by atoms with Crippen molar-refractivity contribution in [2.75, 3.05) is 0 Å². The summed E-state index contributed by atoms with van der Waals surface area (Å²) in [6.07, 6.45) is 1.55. The Morgan fingerprint density at radius 3 is 2.68 bits per heavy atom. The Kier molecular flexibility index (Phi) is 4.54. The van der Waals surface area contributed by atoms with Crippen molar-refractivity contribution < 1.29 is 4.84 Å². The molecule has 2 aromatic rings. The second-order valence-electron chi connectivity index (χ2n) is 3.80. The van der Waals surface area contributed by atoms with Crippen LogP contribution in [-0.4, -0.2) is 6.21 Å². The van der Waals surface area contributed by atoms with Crippen molar-refractivity contribution in [3.05, 3.63) is 70.2 Å². The van der Waals surface area contributed by atoms with Crippen molar-refractivity contribution in [2.24, 2.45) is 5.16 Å². The van der Waals surface area contributed by atoms with E-state index in [-0.39, 0.29) is 6.61 Å². The molecule has 0 radical (unpaired) electrons. The van der Waals surface area contributed by atoms with Gasteiger partial charge in [-0.2, -0.15) is 5.26 Å². The summed E-state index contributed by atoms with van der Waals surface area (Å²) in [7, 11) is 0. The Bertz CT molecular complexity index is 632. The van der Waals surface area contributed by atoms with Gasteiger partial charge < -0.3 is 4.84 Å². The maximum Gasteiger partial charge on any atom is 0.143 e. The highest BCUT2D eigenvalue weighted by molar-refractivity contribution is 6.33. The highest BCUT2D eigenvalue weighted by Crippen LogP contribution is 2.13. The van der Waals surface area contributed by atoms with Crippen LogP contribution in [0.3, 0.4) is 0 Å². The van der Waals surface area contributed by atoms with E-state index in [0.29, 0.717) is 10.6 Å². The molecule has 0 heterocycles. The van der Waals surface area contributed by atoms with Gasteiger partial charge in [-0.3, -0.25) is 0 Å². The Balaban J connectivity index is 1.98. The second kappa shape index (κ2) is 6.58. The van der Waals surface area contributed by atoms with Gasteiger partial charge in [0.2, 0.25) is 0 Å². The van der Waals surface area contributed by atoms with E-state index in [1.54, 1.807) is 18.3 Å². The molecule has 2 rings (SSSR count). The van der Waals surface area contributed by atoms with Crippen LogP contribution in [0, 0.1) is 11.3 Å². The fraction of sp³-hybridized carbons (Fsp3) is 0.0667. The van der Waals surface area contributed by atoms with Crippen LogP contribution in [0.4, 0.5) is 0 Å². The molecule has 94 valence electrons. The van der Waals surface area contributed by atoms with Gasteiger partial charge in [0.25, 0.3) is 0 Å². The zero-order valence-corrected chi connectivity index (χ0v) is 10.8. The van der Waals surface area contributed by atoms with E-state index in [2.05, 4.69) is 11.2 Å². The van der Waals surface area contributed by atoms with E-state index in [1.807, 2.05) is 36.4 Å². The summed E-state index contributed by atoms with van der Waals surface area (Å²) in [5.74, 6) is 0. The number of hydrogen-bond donors (Lipinski definition) is 0. The third-order valence-electron chi connectivity index (χ3n) is 2.53. The summed E-state index contributed by atoms with van der Waals surface area (Å²) in [6, 6.07) is 16.7. The minimum absolute atomic E-state index is 0.255. The highest BCUT2D eigenvalue weighted by atomic mass is 35.5. The van der Waals surface area contributed by atoms with Gasteiger partial charge in [0.1, 0.15) is 6.61 Å². The van der Waals surface area contributed by atoms with Crippen molar-refractivity contribution in [2.45, 2.75) is 6.61 Å². The smallest absolute Gasteiger partial charge is 0.143 e. The van der Waals surface area contributed by atoms with Crippen LogP contribution in [-0.2, 0) is 11.4 Å². The Labute approximate surface area is 116 Å². The molecule has 3 nitrogen and oxygen atoms in total. The van der Waals surface area contributed by atoms with E-state index in [9.17, 15) is 0 Å². The predicted octanol–water partition coefficient (Wildman–Crippen LogP) is 3.76. The number of benzene rings is 2. The zero-order valence-electron chi connectivity index (χ0n) is 10.1. The molecule has 0 bridgehead atoms. The van der Waals surface area contributed by atoms with Crippen molar-refractivity contribution in [3.8, 4) is 6.07 Å². The monoisotopic (exact) mass is 270 g/mol. The molecule has 0 spiro atoms. The number of nitrogens with zero attached hydrogens (tertiary/aromatic N) is 2. The summed E-state index contributed by atoms with van der Waals surface area (Å²) in [5.41, 5.74) is 2.19. The minimum atomic E-state index is 0.255. The van der Waals surface area contributed by atoms with Crippen LogP contribution < -0.4 is 0 Å². The maximum absolute atomic E-state index is 8.93. The van der Waals surface area contributed by atoms with Crippen LogP contribution in [0.2, 0.25) is 5.02 Å². The molecular formula is C15H11ClN2O. The lowest BCUT2D eigenvalue weighted by Crippen LogP contribution is -1.92. The first-order chi connectivity index (χ1) is 9.31. The normalized spacial score (nSPS) is 10.3. The van der Waals surface area contributed by atoms with E-state index in [1.165, 1.54) is 0 Å². The minimum Gasteiger partial charge on any atom is -0.391 e. The number of nitriles is 1. The molecular weight excluding hydrogens is 260 g/mol. The second-order valence-corrected chi connectivity index (χ2v) is 4.21. The molecule has 0 saturated heterocycles. The molecule has 0 aliphatic carbocycles. The third kappa shape index (κ3) is 3.57. The lowest BCUT2D eigenvalue weighted by molar-refractivity contribution is 0.132. The SMILES string of the molecule is N#Cc1ccccc1CON=Cc1ccccc1Cl. The zero-order chi connectivity index (χ0) is 13.5. The average Bonchev–Trinajstić information content (AvgIpc) is 2.45. The molecule has 0 aliphatic heterocycles. The van der Waals surface area contributed by atoms with Gasteiger partial charge in [-0.25, -0.2) is 0 Å². The molecule has 0 amide bonds. The molecule has 4 heteroatoms. The molecule has 0 saturated carbocycles. The fourth-order valence-corrected chi connectivity index (χ4v) is 1.72. The fourth-order valence-electron chi connectivity index (χ4n) is 1.54. The number of halogens is 1. The van der Waals surface area contributed by atoms with Gasteiger partial charge in [0.05, 0.1) is 17.8 Å². The molecule has 0 fully saturated rings. The van der Waals surface area contributed by atoms with Crippen molar-refractivity contribution >= 4 is 17.8 Å². The summed E-state index contributed by atoms with van der Waals surface area (Å²) in [6.45, 7) is 0.255. The van der Waals surface area contributed by atoms with Crippen molar-refractivity contribution in [1.82, 2.24) is 0 Å². The molecule has 0 atom stereocenters. The average molecular weight is 271 g/mol.